The largest absolute Gasteiger partial charge is 0.508 e. The molecule has 4 aromatic carbocycles. The molecule has 0 aromatic heterocycles. The highest BCUT2D eigenvalue weighted by Crippen LogP contribution is 2.38. The number of rotatable bonds is 4. The van der Waals surface area contributed by atoms with Gasteiger partial charge in [-0.15, -0.1) is 0 Å². The third-order valence-corrected chi connectivity index (χ3v) is 4.53. The van der Waals surface area contributed by atoms with Gasteiger partial charge in [0, 0.05) is 11.3 Å². The van der Waals surface area contributed by atoms with Crippen molar-refractivity contribution in [2.45, 2.75) is 6.04 Å². The van der Waals surface area contributed by atoms with Gasteiger partial charge >= 0.3 is 0 Å². The number of phenols is 2. The number of benzene rings is 4. The minimum Gasteiger partial charge on any atom is -0.508 e. The second-order valence-corrected chi connectivity index (χ2v) is 6.26. The maximum Gasteiger partial charge on any atom is 0.121 e. The first-order valence-electron chi connectivity index (χ1n) is 8.53. The van der Waals surface area contributed by atoms with E-state index in [0.717, 1.165) is 27.6 Å². The van der Waals surface area contributed by atoms with Gasteiger partial charge in [-0.1, -0.05) is 60.7 Å². The summed E-state index contributed by atoms with van der Waals surface area (Å²) in [6, 6.07) is 28.4. The third-order valence-electron chi connectivity index (χ3n) is 4.53. The molecular formula is C23H19NO2. The van der Waals surface area contributed by atoms with Gasteiger partial charge in [-0.05, 0) is 46.7 Å². The summed E-state index contributed by atoms with van der Waals surface area (Å²) in [7, 11) is 0. The third kappa shape index (κ3) is 3.07. The molecule has 0 bridgehead atoms. The Morgan fingerprint density at radius 1 is 0.692 bits per heavy atom. The average Bonchev–Trinajstić information content (AvgIpc) is 2.68. The second-order valence-electron chi connectivity index (χ2n) is 6.26. The van der Waals surface area contributed by atoms with Gasteiger partial charge in [0.1, 0.15) is 11.5 Å². The number of hydrogen-bond acceptors (Lipinski definition) is 3. The molecule has 0 saturated heterocycles. The zero-order chi connectivity index (χ0) is 17.9. The van der Waals surface area contributed by atoms with Gasteiger partial charge < -0.3 is 15.5 Å². The predicted octanol–water partition coefficient (Wildman–Crippen LogP) is 5.45. The van der Waals surface area contributed by atoms with Gasteiger partial charge in [-0.3, -0.25) is 0 Å². The molecule has 3 nitrogen and oxygen atoms in total. The van der Waals surface area contributed by atoms with Crippen molar-refractivity contribution >= 4 is 16.5 Å². The number of phenolic OH excluding ortho intramolecular Hbond substituents is 2. The summed E-state index contributed by atoms with van der Waals surface area (Å²) in [5, 5.41) is 26.0. The summed E-state index contributed by atoms with van der Waals surface area (Å²) in [6.45, 7) is 0. The molecule has 0 fully saturated rings. The Morgan fingerprint density at radius 2 is 1.35 bits per heavy atom. The van der Waals surface area contributed by atoms with Crippen LogP contribution in [0.2, 0.25) is 0 Å². The first-order chi connectivity index (χ1) is 12.7. The van der Waals surface area contributed by atoms with E-state index in [9.17, 15) is 10.2 Å². The molecule has 0 amide bonds. The van der Waals surface area contributed by atoms with Crippen LogP contribution in [0.5, 0.6) is 11.5 Å². The average molecular weight is 341 g/mol. The lowest BCUT2D eigenvalue weighted by atomic mass is 9.92. The van der Waals surface area contributed by atoms with E-state index in [4.69, 9.17) is 0 Å². The van der Waals surface area contributed by atoms with E-state index >= 15 is 0 Å². The smallest absolute Gasteiger partial charge is 0.121 e. The molecular weight excluding hydrogens is 322 g/mol. The molecule has 26 heavy (non-hydrogen) atoms. The summed E-state index contributed by atoms with van der Waals surface area (Å²) in [5.41, 5.74) is 2.73. The monoisotopic (exact) mass is 341 g/mol. The summed E-state index contributed by atoms with van der Waals surface area (Å²) < 4.78 is 0. The van der Waals surface area contributed by atoms with Crippen molar-refractivity contribution < 1.29 is 10.2 Å². The fourth-order valence-corrected chi connectivity index (χ4v) is 3.29. The summed E-state index contributed by atoms with van der Waals surface area (Å²) >= 11 is 0. The van der Waals surface area contributed by atoms with Gasteiger partial charge in [0.15, 0.2) is 0 Å². The van der Waals surface area contributed by atoms with Crippen LogP contribution in [0.25, 0.3) is 10.8 Å². The lowest BCUT2D eigenvalue weighted by Gasteiger charge is -2.23. The summed E-state index contributed by atoms with van der Waals surface area (Å²) in [4.78, 5) is 0. The van der Waals surface area contributed by atoms with E-state index in [-0.39, 0.29) is 17.5 Å². The number of nitrogens with one attached hydrogen (secondary N) is 1. The predicted molar refractivity (Wildman–Crippen MR) is 106 cm³/mol. The van der Waals surface area contributed by atoms with Crippen molar-refractivity contribution in [3.8, 4) is 11.5 Å². The zero-order valence-electron chi connectivity index (χ0n) is 14.1. The highest BCUT2D eigenvalue weighted by molar-refractivity contribution is 5.90. The molecule has 0 aliphatic rings. The van der Waals surface area contributed by atoms with Crippen LogP contribution in [0.3, 0.4) is 0 Å². The van der Waals surface area contributed by atoms with E-state index in [2.05, 4.69) is 5.32 Å². The minimum absolute atomic E-state index is 0.177. The Kier molecular flexibility index (Phi) is 4.20. The topological polar surface area (TPSA) is 52.5 Å². The number of aromatic hydroxyl groups is 2. The van der Waals surface area contributed by atoms with Crippen molar-refractivity contribution in [3.05, 3.63) is 102 Å². The molecule has 4 rings (SSSR count). The lowest BCUT2D eigenvalue weighted by molar-refractivity contribution is 0.467. The maximum absolute atomic E-state index is 10.7. The number of anilines is 1. The van der Waals surface area contributed by atoms with Crippen molar-refractivity contribution in [2.24, 2.45) is 0 Å². The second kappa shape index (κ2) is 6.81. The van der Waals surface area contributed by atoms with Crippen molar-refractivity contribution in [3.63, 3.8) is 0 Å². The van der Waals surface area contributed by atoms with Crippen molar-refractivity contribution in [2.75, 3.05) is 5.32 Å². The van der Waals surface area contributed by atoms with E-state index < -0.39 is 0 Å². The number of fused-ring (bicyclic) bond motifs is 1. The fourth-order valence-electron chi connectivity index (χ4n) is 3.29. The Morgan fingerprint density at radius 3 is 2.08 bits per heavy atom. The van der Waals surface area contributed by atoms with Crippen LogP contribution in [-0.2, 0) is 0 Å². The molecule has 1 unspecified atom stereocenters. The number of para-hydroxylation sites is 1. The summed E-state index contributed by atoms with van der Waals surface area (Å²) in [6.07, 6.45) is 0. The van der Waals surface area contributed by atoms with Crippen LogP contribution >= 0.6 is 0 Å². The summed E-state index contributed by atoms with van der Waals surface area (Å²) in [5.74, 6) is 0.372. The zero-order valence-corrected chi connectivity index (χ0v) is 14.1. The van der Waals surface area contributed by atoms with Crippen molar-refractivity contribution in [1.29, 1.82) is 0 Å². The van der Waals surface area contributed by atoms with Gasteiger partial charge in [-0.25, -0.2) is 0 Å². The van der Waals surface area contributed by atoms with Crippen LogP contribution in [0, 0.1) is 0 Å². The van der Waals surface area contributed by atoms with E-state index in [0.29, 0.717) is 0 Å². The molecule has 0 aliphatic carbocycles. The van der Waals surface area contributed by atoms with Gasteiger partial charge in [-0.2, -0.15) is 0 Å². The molecule has 3 N–H and O–H groups in total. The maximum atomic E-state index is 10.7. The highest BCUT2D eigenvalue weighted by Gasteiger charge is 2.20. The van der Waals surface area contributed by atoms with Gasteiger partial charge in [0.05, 0.1) is 6.04 Å². The molecule has 128 valence electrons. The van der Waals surface area contributed by atoms with Crippen LogP contribution < -0.4 is 5.32 Å². The SMILES string of the molecule is Oc1ccc2ccc(O)c(C(Nc3ccccc3)c3ccccc3)c2c1. The van der Waals surface area contributed by atoms with Crippen LogP contribution in [-0.4, -0.2) is 10.2 Å². The molecule has 1 atom stereocenters. The fraction of sp³-hybridized carbons (Fsp3) is 0.0435. The molecule has 3 heteroatoms. The Bertz CT molecular complexity index is 1020. The van der Waals surface area contributed by atoms with Crippen LogP contribution in [0.15, 0.2) is 91.0 Å². The van der Waals surface area contributed by atoms with Crippen LogP contribution in [0.1, 0.15) is 17.2 Å². The number of hydrogen-bond donors (Lipinski definition) is 3. The van der Waals surface area contributed by atoms with E-state index in [1.54, 1.807) is 18.2 Å². The Labute approximate surface area is 152 Å². The van der Waals surface area contributed by atoms with Crippen LogP contribution in [0.4, 0.5) is 5.69 Å². The standard InChI is InChI=1S/C23H19NO2/c25-19-13-11-16-12-14-21(26)22(20(16)15-19)23(17-7-3-1-4-8-17)24-18-9-5-2-6-10-18/h1-15,23-26H. The molecule has 0 saturated carbocycles. The normalized spacial score (nSPS) is 12.0. The Hall–Kier alpha value is -3.46. The van der Waals surface area contributed by atoms with Gasteiger partial charge in [0.25, 0.3) is 0 Å². The van der Waals surface area contributed by atoms with Crippen molar-refractivity contribution in [1.82, 2.24) is 0 Å². The quantitative estimate of drug-likeness (QED) is 0.462. The molecule has 0 spiro atoms. The molecule has 0 radical (unpaired) electrons. The first-order valence-corrected chi connectivity index (χ1v) is 8.53. The molecule has 0 aliphatic heterocycles. The van der Waals surface area contributed by atoms with E-state index in [1.807, 2.05) is 72.8 Å². The highest BCUT2D eigenvalue weighted by atomic mass is 16.3. The van der Waals surface area contributed by atoms with E-state index in [1.165, 1.54) is 0 Å². The minimum atomic E-state index is -0.260. The first kappa shape index (κ1) is 16.0. The lowest BCUT2D eigenvalue weighted by Crippen LogP contribution is -2.13. The Balaban J connectivity index is 1.93. The van der Waals surface area contributed by atoms with Gasteiger partial charge in [0.2, 0.25) is 0 Å². The molecule has 4 aromatic rings. The molecule has 0 heterocycles.